The standard InChI is InChI=1S/C22H17N3OS/c1-2-23-13-7-9-14(10-8-13)24-17-11-12-18-20-19(17)22(26)16-6-4-3-5-15(16)21(20)25-27-18/h3-12,23-24H,2H2,1H3. The largest absolute Gasteiger partial charge is 0.385 e. The second-order valence-corrected chi connectivity index (χ2v) is 7.30. The fourth-order valence-corrected chi connectivity index (χ4v) is 4.41. The highest BCUT2D eigenvalue weighted by Gasteiger charge is 2.29. The zero-order valence-electron chi connectivity index (χ0n) is 14.7. The molecule has 5 heteroatoms. The quantitative estimate of drug-likeness (QED) is 0.426. The average Bonchev–Trinajstić information content (AvgIpc) is 3.13. The lowest BCUT2D eigenvalue weighted by Gasteiger charge is -2.19. The molecule has 0 fully saturated rings. The Hall–Kier alpha value is -3.18. The van der Waals surface area contributed by atoms with E-state index in [-0.39, 0.29) is 5.78 Å². The molecule has 2 N–H and O–H groups in total. The Kier molecular flexibility index (Phi) is 3.69. The van der Waals surface area contributed by atoms with Gasteiger partial charge in [-0.15, -0.1) is 0 Å². The van der Waals surface area contributed by atoms with Gasteiger partial charge in [-0.2, -0.15) is 4.37 Å². The minimum absolute atomic E-state index is 0.0515. The maximum atomic E-state index is 13.3. The van der Waals surface area contributed by atoms with Gasteiger partial charge in [0.15, 0.2) is 5.78 Å². The molecule has 1 aromatic heterocycles. The zero-order valence-corrected chi connectivity index (χ0v) is 15.6. The highest BCUT2D eigenvalue weighted by molar-refractivity contribution is 7.13. The van der Waals surface area contributed by atoms with Crippen molar-refractivity contribution >= 4 is 44.5 Å². The van der Waals surface area contributed by atoms with Gasteiger partial charge in [-0.1, -0.05) is 24.3 Å². The number of nitrogens with one attached hydrogen (secondary N) is 2. The molecule has 0 atom stereocenters. The predicted molar refractivity (Wildman–Crippen MR) is 112 cm³/mol. The summed E-state index contributed by atoms with van der Waals surface area (Å²) in [6, 6.07) is 19.8. The summed E-state index contributed by atoms with van der Waals surface area (Å²) >= 11 is 1.44. The smallest absolute Gasteiger partial charge is 0.196 e. The van der Waals surface area contributed by atoms with Crippen LogP contribution in [0.15, 0.2) is 60.7 Å². The summed E-state index contributed by atoms with van der Waals surface area (Å²) in [6.07, 6.45) is 0. The summed E-state index contributed by atoms with van der Waals surface area (Å²) < 4.78 is 5.67. The first kappa shape index (κ1) is 16.0. The Bertz CT molecular complexity index is 1180. The number of hydrogen-bond acceptors (Lipinski definition) is 5. The monoisotopic (exact) mass is 371 g/mol. The van der Waals surface area contributed by atoms with Crippen LogP contribution in [0.4, 0.5) is 17.1 Å². The minimum Gasteiger partial charge on any atom is -0.385 e. The number of ketones is 1. The van der Waals surface area contributed by atoms with E-state index in [0.29, 0.717) is 11.1 Å². The van der Waals surface area contributed by atoms with Crippen LogP contribution >= 0.6 is 11.5 Å². The number of fused-ring (bicyclic) bond motifs is 2. The van der Waals surface area contributed by atoms with E-state index in [9.17, 15) is 4.79 Å². The van der Waals surface area contributed by atoms with Crippen LogP contribution in [-0.2, 0) is 0 Å². The minimum atomic E-state index is 0.0515. The molecule has 132 valence electrons. The van der Waals surface area contributed by atoms with Gasteiger partial charge in [0.2, 0.25) is 0 Å². The lowest BCUT2D eigenvalue weighted by Crippen LogP contribution is -2.11. The van der Waals surface area contributed by atoms with E-state index in [2.05, 4.69) is 21.9 Å². The summed E-state index contributed by atoms with van der Waals surface area (Å²) in [4.78, 5) is 13.3. The van der Waals surface area contributed by atoms with E-state index < -0.39 is 0 Å². The summed E-state index contributed by atoms with van der Waals surface area (Å²) in [7, 11) is 0. The molecule has 0 bridgehead atoms. The van der Waals surface area contributed by atoms with Crippen LogP contribution in [0.3, 0.4) is 0 Å². The number of aromatic nitrogens is 1. The summed E-state index contributed by atoms with van der Waals surface area (Å²) in [5, 5.41) is 7.67. The molecule has 3 aromatic carbocycles. The molecule has 5 rings (SSSR count). The van der Waals surface area contributed by atoms with Crippen LogP contribution in [0, 0.1) is 0 Å². The predicted octanol–water partition coefficient (Wildman–Crippen LogP) is 5.68. The van der Waals surface area contributed by atoms with Gasteiger partial charge in [-0.25, -0.2) is 0 Å². The first-order valence-electron chi connectivity index (χ1n) is 8.93. The molecule has 0 aliphatic heterocycles. The molecular formula is C22H17N3OS. The van der Waals surface area contributed by atoms with Gasteiger partial charge in [0, 0.05) is 34.4 Å². The average molecular weight is 371 g/mol. The number of hydrogen-bond donors (Lipinski definition) is 2. The molecule has 0 saturated carbocycles. The van der Waals surface area contributed by atoms with E-state index in [1.807, 2.05) is 60.7 Å². The zero-order chi connectivity index (χ0) is 18.4. The van der Waals surface area contributed by atoms with Gasteiger partial charge in [-0.3, -0.25) is 4.79 Å². The molecule has 0 unspecified atom stereocenters. The number of nitrogens with zero attached hydrogens (tertiary/aromatic N) is 1. The van der Waals surface area contributed by atoms with E-state index >= 15 is 0 Å². The van der Waals surface area contributed by atoms with Crippen molar-refractivity contribution in [1.82, 2.24) is 4.37 Å². The van der Waals surface area contributed by atoms with Gasteiger partial charge in [0.05, 0.1) is 21.6 Å². The van der Waals surface area contributed by atoms with Crippen LogP contribution in [0.1, 0.15) is 22.8 Å². The van der Waals surface area contributed by atoms with Gasteiger partial charge in [-0.05, 0) is 54.9 Å². The highest BCUT2D eigenvalue weighted by Crippen LogP contribution is 2.43. The van der Waals surface area contributed by atoms with Crippen LogP contribution in [0.25, 0.3) is 21.3 Å². The molecule has 0 saturated heterocycles. The van der Waals surface area contributed by atoms with Crippen LogP contribution in [0.5, 0.6) is 0 Å². The summed E-state index contributed by atoms with van der Waals surface area (Å²) in [5.74, 6) is 0.0515. The van der Waals surface area contributed by atoms with Crippen molar-refractivity contribution in [3.8, 4) is 11.3 Å². The van der Waals surface area contributed by atoms with Gasteiger partial charge < -0.3 is 10.6 Å². The third-order valence-corrected chi connectivity index (χ3v) is 5.65. The Balaban J connectivity index is 1.63. The maximum absolute atomic E-state index is 13.3. The fraction of sp³-hybridized carbons (Fsp3) is 0.0909. The molecule has 0 radical (unpaired) electrons. The SMILES string of the molecule is CCNc1ccc(Nc2ccc3snc4c3c2C(=O)c2ccccc2-4)cc1. The van der Waals surface area contributed by atoms with Crippen molar-refractivity contribution in [2.45, 2.75) is 6.92 Å². The summed E-state index contributed by atoms with van der Waals surface area (Å²) in [5.41, 5.74) is 6.11. The molecule has 0 spiro atoms. The van der Waals surface area contributed by atoms with E-state index in [4.69, 9.17) is 0 Å². The highest BCUT2D eigenvalue weighted by atomic mass is 32.1. The fourth-order valence-electron chi connectivity index (χ4n) is 3.61. The van der Waals surface area contributed by atoms with Crippen molar-refractivity contribution in [2.24, 2.45) is 0 Å². The number of benzene rings is 3. The van der Waals surface area contributed by atoms with Gasteiger partial charge in [0.1, 0.15) is 0 Å². The molecule has 4 aromatic rings. The number of anilines is 3. The molecule has 1 heterocycles. The molecule has 27 heavy (non-hydrogen) atoms. The Morgan fingerprint density at radius 3 is 2.44 bits per heavy atom. The van der Waals surface area contributed by atoms with Crippen LogP contribution in [-0.4, -0.2) is 16.7 Å². The van der Waals surface area contributed by atoms with Gasteiger partial charge >= 0.3 is 0 Å². The normalized spacial score (nSPS) is 12.1. The molecule has 0 amide bonds. The third-order valence-electron chi connectivity index (χ3n) is 4.84. The summed E-state index contributed by atoms with van der Waals surface area (Å²) in [6.45, 7) is 2.96. The van der Waals surface area contributed by atoms with Crippen LogP contribution < -0.4 is 10.6 Å². The topological polar surface area (TPSA) is 54.0 Å². The Labute approximate surface area is 161 Å². The van der Waals surface area contributed by atoms with Crippen molar-refractivity contribution < 1.29 is 4.79 Å². The lowest BCUT2D eigenvalue weighted by molar-refractivity contribution is 0.104. The molecule has 4 nitrogen and oxygen atoms in total. The van der Waals surface area contributed by atoms with E-state index in [0.717, 1.165) is 45.0 Å². The van der Waals surface area contributed by atoms with Crippen molar-refractivity contribution in [1.29, 1.82) is 0 Å². The molecular weight excluding hydrogens is 354 g/mol. The number of carbonyl (C=O) groups excluding carboxylic acids is 1. The van der Waals surface area contributed by atoms with E-state index in [1.54, 1.807) is 0 Å². The van der Waals surface area contributed by atoms with Gasteiger partial charge in [0.25, 0.3) is 0 Å². The lowest BCUT2D eigenvalue weighted by atomic mass is 9.86. The molecule has 1 aliphatic carbocycles. The number of rotatable bonds is 4. The second kappa shape index (κ2) is 6.21. The third kappa shape index (κ3) is 2.51. The first-order valence-corrected chi connectivity index (χ1v) is 9.71. The second-order valence-electron chi connectivity index (χ2n) is 6.50. The van der Waals surface area contributed by atoms with Crippen molar-refractivity contribution in [2.75, 3.05) is 17.2 Å². The Morgan fingerprint density at radius 1 is 0.926 bits per heavy atom. The number of carbonyl (C=O) groups is 1. The van der Waals surface area contributed by atoms with Crippen LogP contribution in [0.2, 0.25) is 0 Å². The first-order chi connectivity index (χ1) is 13.3. The van der Waals surface area contributed by atoms with Crippen molar-refractivity contribution in [3.63, 3.8) is 0 Å². The van der Waals surface area contributed by atoms with E-state index in [1.165, 1.54) is 11.5 Å². The maximum Gasteiger partial charge on any atom is 0.196 e. The van der Waals surface area contributed by atoms with Crippen molar-refractivity contribution in [3.05, 3.63) is 71.8 Å². The molecule has 1 aliphatic rings. The Morgan fingerprint density at radius 2 is 1.67 bits per heavy atom.